The molecule has 5 heteroatoms. The molecule has 1 aliphatic heterocycles. The molecule has 2 N–H and O–H groups in total. The van der Waals surface area contributed by atoms with Gasteiger partial charge in [0.1, 0.15) is 11.9 Å². The number of terminal acetylenes is 1. The zero-order chi connectivity index (χ0) is 15.1. The normalized spacial score (nSPS) is 20.8. The van der Waals surface area contributed by atoms with Gasteiger partial charge >= 0.3 is 6.03 Å². The minimum absolute atomic E-state index is 0.0694. The van der Waals surface area contributed by atoms with E-state index in [1.165, 1.54) is 4.88 Å². The highest BCUT2D eigenvalue weighted by molar-refractivity contribution is 7.12. The van der Waals surface area contributed by atoms with Gasteiger partial charge in [-0.25, -0.2) is 4.79 Å². The summed E-state index contributed by atoms with van der Waals surface area (Å²) in [5, 5.41) is 0. The first kappa shape index (κ1) is 14.6. The number of carbonyl (C=O) groups excluding carboxylic acids is 1. The fourth-order valence-electron chi connectivity index (χ4n) is 2.14. The summed E-state index contributed by atoms with van der Waals surface area (Å²) in [4.78, 5) is 19.6. The third kappa shape index (κ3) is 2.44. The van der Waals surface area contributed by atoms with E-state index in [0.29, 0.717) is 5.84 Å². The minimum atomic E-state index is -0.358. The minimum Gasteiger partial charge on any atom is -0.385 e. The van der Waals surface area contributed by atoms with Gasteiger partial charge < -0.3 is 5.73 Å². The van der Waals surface area contributed by atoms with Crippen LogP contribution < -0.4 is 5.73 Å². The molecule has 2 amide bonds. The molecule has 4 nitrogen and oxygen atoms in total. The summed E-state index contributed by atoms with van der Waals surface area (Å²) in [6.07, 6.45) is 5.44. The molecular weight excluding hydrogens is 270 g/mol. The van der Waals surface area contributed by atoms with Crippen molar-refractivity contribution < 1.29 is 4.79 Å². The first-order valence-corrected chi connectivity index (χ1v) is 7.30. The number of hydrogen-bond donors (Lipinski definition) is 1. The molecule has 0 saturated carbocycles. The van der Waals surface area contributed by atoms with E-state index in [2.05, 4.69) is 37.8 Å². The highest BCUT2D eigenvalue weighted by atomic mass is 32.1. The summed E-state index contributed by atoms with van der Waals surface area (Å²) in [6.45, 7) is 8.27. The molecule has 1 aromatic heterocycles. The van der Waals surface area contributed by atoms with Crippen LogP contribution in [-0.2, 0) is 5.41 Å². The van der Waals surface area contributed by atoms with Crippen molar-refractivity contribution in [1.29, 1.82) is 0 Å². The number of urea groups is 1. The fourth-order valence-corrected chi connectivity index (χ4v) is 3.32. The van der Waals surface area contributed by atoms with Crippen LogP contribution >= 0.6 is 11.3 Å². The van der Waals surface area contributed by atoms with E-state index < -0.39 is 0 Å². The fraction of sp³-hybridized carbons (Fsp3) is 0.467. The Bertz CT molecular complexity index is 603. The number of carbonyl (C=O) groups is 1. The SMILES string of the molecule is C#CC(C)N1C(=O)N=C(N)C1c1ccc(C(C)(C)C)s1. The van der Waals surface area contributed by atoms with Crippen molar-refractivity contribution >= 4 is 23.2 Å². The van der Waals surface area contributed by atoms with Gasteiger partial charge in [-0.2, -0.15) is 4.99 Å². The van der Waals surface area contributed by atoms with Crippen LogP contribution in [0.4, 0.5) is 4.79 Å². The lowest BCUT2D eigenvalue weighted by Crippen LogP contribution is -2.38. The second-order valence-corrected chi connectivity index (χ2v) is 7.04. The van der Waals surface area contributed by atoms with E-state index in [0.717, 1.165) is 4.88 Å². The maximum atomic E-state index is 11.9. The van der Waals surface area contributed by atoms with E-state index in [1.807, 2.05) is 6.07 Å². The predicted octanol–water partition coefficient (Wildman–Crippen LogP) is 2.90. The predicted molar refractivity (Wildman–Crippen MR) is 82.9 cm³/mol. The Morgan fingerprint density at radius 2 is 2.15 bits per heavy atom. The van der Waals surface area contributed by atoms with Crippen LogP contribution in [0.5, 0.6) is 0 Å². The Morgan fingerprint density at radius 1 is 1.50 bits per heavy atom. The van der Waals surface area contributed by atoms with Crippen molar-refractivity contribution in [3.05, 3.63) is 21.9 Å². The van der Waals surface area contributed by atoms with E-state index in [4.69, 9.17) is 12.2 Å². The zero-order valence-electron chi connectivity index (χ0n) is 12.2. The molecule has 0 radical (unpaired) electrons. The van der Waals surface area contributed by atoms with Gasteiger partial charge in [0.2, 0.25) is 0 Å². The van der Waals surface area contributed by atoms with Gasteiger partial charge in [0.15, 0.2) is 0 Å². The Morgan fingerprint density at radius 3 is 2.65 bits per heavy atom. The number of hydrogen-bond acceptors (Lipinski definition) is 3. The molecule has 2 unspecified atom stereocenters. The topological polar surface area (TPSA) is 58.7 Å². The smallest absolute Gasteiger partial charge is 0.347 e. The van der Waals surface area contributed by atoms with E-state index >= 15 is 0 Å². The summed E-state index contributed by atoms with van der Waals surface area (Å²) in [5.74, 6) is 2.89. The lowest BCUT2D eigenvalue weighted by Gasteiger charge is -2.26. The highest BCUT2D eigenvalue weighted by Gasteiger charge is 2.38. The standard InChI is InChI=1S/C15H19N3OS/c1-6-9(2)18-12(13(16)17-14(18)19)10-7-8-11(20-10)15(3,4)5/h1,7-9,12H,2-5H3,(H2,16,17,19). The Hall–Kier alpha value is -1.80. The number of thiophene rings is 1. The van der Waals surface area contributed by atoms with Crippen LogP contribution in [0.3, 0.4) is 0 Å². The summed E-state index contributed by atoms with van der Waals surface area (Å²) in [5.41, 5.74) is 6.00. The zero-order valence-corrected chi connectivity index (χ0v) is 13.0. The van der Waals surface area contributed by atoms with Crippen LogP contribution in [0, 0.1) is 12.3 Å². The molecule has 0 bridgehead atoms. The van der Waals surface area contributed by atoms with Gasteiger partial charge in [-0.3, -0.25) is 4.90 Å². The van der Waals surface area contributed by atoms with Crippen molar-refractivity contribution in [3.63, 3.8) is 0 Å². The van der Waals surface area contributed by atoms with Gasteiger partial charge in [-0.15, -0.1) is 17.8 Å². The second kappa shape index (κ2) is 4.95. The van der Waals surface area contributed by atoms with Crippen molar-refractivity contribution in [2.75, 3.05) is 0 Å². The molecule has 2 heterocycles. The Balaban J connectivity index is 2.40. The maximum Gasteiger partial charge on any atom is 0.347 e. The molecule has 20 heavy (non-hydrogen) atoms. The van der Waals surface area contributed by atoms with E-state index in [9.17, 15) is 4.79 Å². The first-order valence-electron chi connectivity index (χ1n) is 6.48. The second-order valence-electron chi connectivity index (χ2n) is 5.92. The molecule has 2 rings (SSSR count). The Kier molecular flexibility index (Phi) is 3.61. The van der Waals surface area contributed by atoms with Crippen LogP contribution in [0.25, 0.3) is 0 Å². The summed E-state index contributed by atoms with van der Waals surface area (Å²) in [7, 11) is 0. The monoisotopic (exact) mass is 289 g/mol. The molecule has 106 valence electrons. The average Bonchev–Trinajstić information content (AvgIpc) is 2.92. The number of nitrogens with zero attached hydrogens (tertiary/aromatic N) is 2. The van der Waals surface area contributed by atoms with Crippen molar-refractivity contribution in [3.8, 4) is 12.3 Å². The van der Waals surface area contributed by atoms with Gasteiger partial charge in [0, 0.05) is 9.75 Å². The molecule has 0 aromatic carbocycles. The number of aliphatic imine (C=N–C) groups is 1. The summed E-state index contributed by atoms with van der Waals surface area (Å²) < 4.78 is 0. The lowest BCUT2D eigenvalue weighted by atomic mass is 9.95. The van der Waals surface area contributed by atoms with Crippen molar-refractivity contribution in [1.82, 2.24) is 4.90 Å². The van der Waals surface area contributed by atoms with Crippen molar-refractivity contribution in [2.24, 2.45) is 10.7 Å². The quantitative estimate of drug-likeness (QED) is 0.851. The van der Waals surface area contributed by atoms with Gasteiger partial charge in [-0.05, 0) is 24.5 Å². The largest absolute Gasteiger partial charge is 0.385 e. The van der Waals surface area contributed by atoms with E-state index in [1.54, 1.807) is 23.2 Å². The highest BCUT2D eigenvalue weighted by Crippen LogP contribution is 2.37. The van der Waals surface area contributed by atoms with Crippen LogP contribution in [0.1, 0.15) is 43.5 Å². The molecule has 1 aliphatic rings. The molecule has 0 saturated heterocycles. The number of nitrogens with two attached hydrogens (primary N) is 1. The van der Waals surface area contributed by atoms with Gasteiger partial charge in [0.05, 0.1) is 6.04 Å². The first-order chi connectivity index (χ1) is 9.25. The molecule has 1 aromatic rings. The maximum absolute atomic E-state index is 11.9. The number of rotatable bonds is 2. The van der Waals surface area contributed by atoms with Gasteiger partial charge in [-0.1, -0.05) is 26.7 Å². The lowest BCUT2D eigenvalue weighted by molar-refractivity contribution is 0.199. The number of amides is 2. The van der Waals surface area contributed by atoms with Crippen LogP contribution in [0.15, 0.2) is 17.1 Å². The van der Waals surface area contributed by atoms with Crippen LogP contribution in [-0.4, -0.2) is 22.8 Å². The average molecular weight is 289 g/mol. The van der Waals surface area contributed by atoms with Gasteiger partial charge in [0.25, 0.3) is 0 Å². The molecule has 0 spiro atoms. The third-order valence-electron chi connectivity index (χ3n) is 3.30. The number of amidine groups is 1. The summed E-state index contributed by atoms with van der Waals surface area (Å²) in [6, 6.07) is 3.05. The Labute approximate surface area is 123 Å². The molecule has 0 aliphatic carbocycles. The summed E-state index contributed by atoms with van der Waals surface area (Å²) >= 11 is 1.65. The molecular formula is C15H19N3OS. The molecule has 0 fully saturated rings. The third-order valence-corrected chi connectivity index (χ3v) is 4.86. The van der Waals surface area contributed by atoms with E-state index in [-0.39, 0.29) is 23.5 Å². The molecule has 2 atom stereocenters. The van der Waals surface area contributed by atoms with Crippen LogP contribution in [0.2, 0.25) is 0 Å². The van der Waals surface area contributed by atoms with Crippen molar-refractivity contribution in [2.45, 2.75) is 45.2 Å².